The third kappa shape index (κ3) is 3.06. The van der Waals surface area contributed by atoms with E-state index < -0.39 is 0 Å². The van der Waals surface area contributed by atoms with Gasteiger partial charge in [-0.2, -0.15) is 0 Å². The fourth-order valence-corrected chi connectivity index (χ4v) is 2.09. The quantitative estimate of drug-likeness (QED) is 0.813. The number of benzene rings is 1. The predicted octanol–water partition coefficient (Wildman–Crippen LogP) is 2.22. The molecular formula is C14H22N2. The fourth-order valence-electron chi connectivity index (χ4n) is 2.09. The number of rotatable bonds is 3. The van der Waals surface area contributed by atoms with Crippen molar-refractivity contribution in [3.63, 3.8) is 0 Å². The van der Waals surface area contributed by atoms with E-state index in [0.29, 0.717) is 0 Å². The van der Waals surface area contributed by atoms with Crippen LogP contribution in [-0.2, 0) is 19.5 Å². The zero-order chi connectivity index (χ0) is 11.6. The van der Waals surface area contributed by atoms with Gasteiger partial charge in [0.05, 0.1) is 0 Å². The van der Waals surface area contributed by atoms with Gasteiger partial charge >= 0.3 is 0 Å². The summed E-state index contributed by atoms with van der Waals surface area (Å²) in [4.78, 5) is 0. The highest BCUT2D eigenvalue weighted by atomic mass is 14.9. The van der Waals surface area contributed by atoms with E-state index in [4.69, 9.17) is 0 Å². The molecule has 0 fully saturated rings. The molecule has 2 rings (SSSR count). The summed E-state index contributed by atoms with van der Waals surface area (Å²) in [6.45, 7) is 9.75. The zero-order valence-corrected chi connectivity index (χ0v) is 10.6. The molecule has 1 aliphatic rings. The Balaban J connectivity index is 1.91. The van der Waals surface area contributed by atoms with Crippen molar-refractivity contribution in [2.45, 2.75) is 45.8 Å². The lowest BCUT2D eigenvalue weighted by atomic mass is 10.0. The van der Waals surface area contributed by atoms with Gasteiger partial charge in [-0.1, -0.05) is 18.2 Å². The van der Waals surface area contributed by atoms with E-state index in [1.54, 1.807) is 0 Å². The maximum Gasteiger partial charge on any atom is 0.0212 e. The molecule has 0 bridgehead atoms. The number of hydrogen-bond donors (Lipinski definition) is 2. The summed E-state index contributed by atoms with van der Waals surface area (Å²) in [6.07, 6.45) is 1.12. The maximum atomic E-state index is 3.52. The molecule has 1 heterocycles. The second kappa shape index (κ2) is 4.56. The summed E-state index contributed by atoms with van der Waals surface area (Å²) in [5.74, 6) is 0. The molecule has 0 unspecified atom stereocenters. The third-order valence-corrected chi connectivity index (χ3v) is 2.97. The molecule has 1 aliphatic heterocycles. The lowest BCUT2D eigenvalue weighted by molar-refractivity contribution is 0.429. The van der Waals surface area contributed by atoms with E-state index >= 15 is 0 Å². The molecule has 0 spiro atoms. The Morgan fingerprint density at radius 2 is 1.94 bits per heavy atom. The maximum absolute atomic E-state index is 3.52. The molecule has 16 heavy (non-hydrogen) atoms. The molecule has 0 saturated carbocycles. The Morgan fingerprint density at radius 3 is 2.69 bits per heavy atom. The first-order valence-corrected chi connectivity index (χ1v) is 6.11. The Hall–Kier alpha value is -0.860. The van der Waals surface area contributed by atoms with E-state index in [2.05, 4.69) is 49.6 Å². The van der Waals surface area contributed by atoms with Gasteiger partial charge in [0.2, 0.25) is 0 Å². The molecule has 1 aromatic carbocycles. The standard InChI is InChI=1S/C14H22N2/c1-14(2,3)16-7-6-11-4-5-12-9-15-10-13(12)8-11/h4-5,8,15-16H,6-7,9-10H2,1-3H3. The van der Waals surface area contributed by atoms with Crippen LogP contribution in [0.4, 0.5) is 0 Å². The van der Waals surface area contributed by atoms with Crippen LogP contribution in [0.25, 0.3) is 0 Å². The Morgan fingerprint density at radius 1 is 1.19 bits per heavy atom. The highest BCUT2D eigenvalue weighted by Gasteiger charge is 2.11. The predicted molar refractivity (Wildman–Crippen MR) is 68.4 cm³/mol. The fraction of sp³-hybridized carbons (Fsp3) is 0.571. The van der Waals surface area contributed by atoms with Gasteiger partial charge < -0.3 is 10.6 Å². The van der Waals surface area contributed by atoms with Crippen molar-refractivity contribution in [1.82, 2.24) is 10.6 Å². The van der Waals surface area contributed by atoms with Crippen molar-refractivity contribution in [2.24, 2.45) is 0 Å². The van der Waals surface area contributed by atoms with Crippen LogP contribution in [0, 0.1) is 0 Å². The average molecular weight is 218 g/mol. The Bertz CT molecular complexity index is 363. The van der Waals surface area contributed by atoms with Gasteiger partial charge in [-0.05, 0) is 50.4 Å². The molecular weight excluding hydrogens is 196 g/mol. The first-order chi connectivity index (χ1) is 7.54. The number of hydrogen-bond acceptors (Lipinski definition) is 2. The lowest BCUT2D eigenvalue weighted by Gasteiger charge is -2.20. The van der Waals surface area contributed by atoms with E-state index in [9.17, 15) is 0 Å². The molecule has 0 aromatic heterocycles. The van der Waals surface area contributed by atoms with Crippen molar-refractivity contribution >= 4 is 0 Å². The van der Waals surface area contributed by atoms with Crippen LogP contribution in [0.15, 0.2) is 18.2 Å². The molecule has 0 radical (unpaired) electrons. The van der Waals surface area contributed by atoms with E-state index in [0.717, 1.165) is 26.1 Å². The number of nitrogens with one attached hydrogen (secondary N) is 2. The molecule has 88 valence electrons. The average Bonchev–Trinajstić information content (AvgIpc) is 2.62. The van der Waals surface area contributed by atoms with Crippen molar-refractivity contribution in [2.75, 3.05) is 6.54 Å². The second-order valence-corrected chi connectivity index (χ2v) is 5.63. The number of fused-ring (bicyclic) bond motifs is 1. The molecule has 2 N–H and O–H groups in total. The van der Waals surface area contributed by atoms with Crippen molar-refractivity contribution in [1.29, 1.82) is 0 Å². The SMILES string of the molecule is CC(C)(C)NCCc1ccc2c(c1)CNC2. The van der Waals surface area contributed by atoms with Crippen LogP contribution in [0.5, 0.6) is 0 Å². The third-order valence-electron chi connectivity index (χ3n) is 2.97. The van der Waals surface area contributed by atoms with Crippen LogP contribution < -0.4 is 10.6 Å². The molecule has 2 heteroatoms. The van der Waals surface area contributed by atoms with Crippen LogP contribution in [-0.4, -0.2) is 12.1 Å². The summed E-state index contributed by atoms with van der Waals surface area (Å²) >= 11 is 0. The molecule has 0 saturated heterocycles. The summed E-state index contributed by atoms with van der Waals surface area (Å²) in [6, 6.07) is 6.87. The summed E-state index contributed by atoms with van der Waals surface area (Å²) in [5.41, 5.74) is 4.61. The molecule has 0 aliphatic carbocycles. The normalized spacial score (nSPS) is 15.2. The van der Waals surface area contributed by atoms with E-state index in [1.807, 2.05) is 0 Å². The minimum absolute atomic E-state index is 0.221. The van der Waals surface area contributed by atoms with E-state index in [-0.39, 0.29) is 5.54 Å². The lowest BCUT2D eigenvalue weighted by Crippen LogP contribution is -2.37. The Labute approximate surface area is 98.4 Å². The van der Waals surface area contributed by atoms with Crippen molar-refractivity contribution < 1.29 is 0 Å². The molecule has 1 aromatic rings. The summed E-state index contributed by atoms with van der Waals surface area (Å²) in [5, 5.41) is 6.90. The Kier molecular flexibility index (Phi) is 3.31. The van der Waals surface area contributed by atoms with Gasteiger partial charge in [0.25, 0.3) is 0 Å². The van der Waals surface area contributed by atoms with Crippen LogP contribution >= 0.6 is 0 Å². The van der Waals surface area contributed by atoms with Crippen molar-refractivity contribution in [3.05, 3.63) is 34.9 Å². The van der Waals surface area contributed by atoms with Crippen LogP contribution in [0.1, 0.15) is 37.5 Å². The van der Waals surface area contributed by atoms with Gasteiger partial charge in [0.15, 0.2) is 0 Å². The first-order valence-electron chi connectivity index (χ1n) is 6.11. The van der Waals surface area contributed by atoms with Gasteiger partial charge in [-0.15, -0.1) is 0 Å². The second-order valence-electron chi connectivity index (χ2n) is 5.63. The minimum Gasteiger partial charge on any atom is -0.312 e. The highest BCUT2D eigenvalue weighted by molar-refractivity contribution is 5.34. The smallest absolute Gasteiger partial charge is 0.0212 e. The topological polar surface area (TPSA) is 24.1 Å². The summed E-state index contributed by atoms with van der Waals surface area (Å²) < 4.78 is 0. The largest absolute Gasteiger partial charge is 0.312 e. The van der Waals surface area contributed by atoms with Gasteiger partial charge in [-0.3, -0.25) is 0 Å². The van der Waals surface area contributed by atoms with Crippen molar-refractivity contribution in [3.8, 4) is 0 Å². The van der Waals surface area contributed by atoms with Crippen LogP contribution in [0.3, 0.4) is 0 Å². The highest BCUT2D eigenvalue weighted by Crippen LogP contribution is 2.17. The monoisotopic (exact) mass is 218 g/mol. The minimum atomic E-state index is 0.221. The molecule has 2 nitrogen and oxygen atoms in total. The first kappa shape index (κ1) is 11.6. The molecule has 0 atom stereocenters. The molecule has 0 amide bonds. The van der Waals surface area contributed by atoms with Gasteiger partial charge in [-0.25, -0.2) is 0 Å². The summed E-state index contributed by atoms with van der Waals surface area (Å²) in [7, 11) is 0. The van der Waals surface area contributed by atoms with Gasteiger partial charge in [0.1, 0.15) is 0 Å². The van der Waals surface area contributed by atoms with E-state index in [1.165, 1.54) is 16.7 Å². The van der Waals surface area contributed by atoms with Crippen LogP contribution in [0.2, 0.25) is 0 Å². The zero-order valence-electron chi connectivity index (χ0n) is 10.6. The van der Waals surface area contributed by atoms with Gasteiger partial charge in [0, 0.05) is 18.6 Å².